The molecule has 3 N–H and O–H groups in total. The number of carbonyl (C=O) groups is 1. The number of hydrogen-bond acceptors (Lipinski definition) is 3. The Morgan fingerprint density at radius 3 is 2.50 bits per heavy atom. The van der Waals surface area contributed by atoms with E-state index in [1.807, 2.05) is 0 Å². The highest BCUT2D eigenvalue weighted by atomic mass is 35.5. The van der Waals surface area contributed by atoms with Crippen LogP contribution in [-0.2, 0) is 4.79 Å². The number of halogens is 1. The third-order valence-corrected chi connectivity index (χ3v) is 5.05. The van der Waals surface area contributed by atoms with Crippen LogP contribution in [0.25, 0.3) is 0 Å². The van der Waals surface area contributed by atoms with Crippen LogP contribution in [0, 0.1) is 11.8 Å². The summed E-state index contributed by atoms with van der Waals surface area (Å²) in [6.45, 7) is 7.05. The number of hydrogen-bond donors (Lipinski definition) is 2. The van der Waals surface area contributed by atoms with Gasteiger partial charge in [0.25, 0.3) is 0 Å². The average Bonchev–Trinajstić information content (AvgIpc) is 2.38. The molecule has 1 aliphatic carbocycles. The zero-order valence-corrected chi connectivity index (χ0v) is 13.6. The van der Waals surface area contributed by atoms with Gasteiger partial charge < -0.3 is 11.1 Å². The Balaban J connectivity index is 0.00000200. The summed E-state index contributed by atoms with van der Waals surface area (Å²) in [5.74, 6) is 1.53. The second-order valence-corrected chi connectivity index (χ2v) is 6.55. The predicted octanol–water partition coefficient (Wildman–Crippen LogP) is 1.77. The molecule has 1 saturated carbocycles. The molecule has 3 atom stereocenters. The predicted molar refractivity (Wildman–Crippen MR) is 85.0 cm³/mol. The van der Waals surface area contributed by atoms with E-state index >= 15 is 0 Å². The van der Waals surface area contributed by atoms with Crippen molar-refractivity contribution in [3.05, 3.63) is 0 Å². The van der Waals surface area contributed by atoms with Crippen molar-refractivity contribution in [2.75, 3.05) is 19.6 Å². The topological polar surface area (TPSA) is 58.4 Å². The molecule has 0 aromatic rings. The molecule has 1 heterocycles. The lowest BCUT2D eigenvalue weighted by Crippen LogP contribution is -2.49. The molecule has 0 radical (unpaired) electrons. The van der Waals surface area contributed by atoms with E-state index in [0.717, 1.165) is 38.3 Å². The molecular formula is C15H30ClN3O. The van der Waals surface area contributed by atoms with Gasteiger partial charge in [0.05, 0.1) is 6.54 Å². The largest absolute Gasteiger partial charge is 0.352 e. The molecule has 0 spiro atoms. The van der Waals surface area contributed by atoms with Gasteiger partial charge in [-0.1, -0.05) is 26.7 Å². The summed E-state index contributed by atoms with van der Waals surface area (Å²) in [7, 11) is 0. The smallest absolute Gasteiger partial charge is 0.234 e. The first kappa shape index (κ1) is 17.7. The van der Waals surface area contributed by atoms with Gasteiger partial charge >= 0.3 is 0 Å². The summed E-state index contributed by atoms with van der Waals surface area (Å²) in [5.41, 5.74) is 5.88. The number of amides is 1. The summed E-state index contributed by atoms with van der Waals surface area (Å²) in [5, 5.41) is 3.25. The first-order valence-electron chi connectivity index (χ1n) is 7.83. The van der Waals surface area contributed by atoms with Crippen molar-refractivity contribution in [1.29, 1.82) is 0 Å². The van der Waals surface area contributed by atoms with Gasteiger partial charge in [0.2, 0.25) is 5.91 Å². The third-order valence-electron chi connectivity index (χ3n) is 5.05. The Morgan fingerprint density at radius 1 is 1.20 bits per heavy atom. The molecule has 4 nitrogen and oxygen atoms in total. The van der Waals surface area contributed by atoms with Crippen LogP contribution >= 0.6 is 12.4 Å². The minimum absolute atomic E-state index is 0. The van der Waals surface area contributed by atoms with Gasteiger partial charge in [-0.3, -0.25) is 9.69 Å². The van der Waals surface area contributed by atoms with E-state index < -0.39 is 0 Å². The first-order chi connectivity index (χ1) is 9.06. The van der Waals surface area contributed by atoms with Gasteiger partial charge in [-0.25, -0.2) is 0 Å². The quantitative estimate of drug-likeness (QED) is 0.835. The maximum Gasteiger partial charge on any atom is 0.234 e. The van der Waals surface area contributed by atoms with Crippen LogP contribution in [0.15, 0.2) is 0 Å². The van der Waals surface area contributed by atoms with E-state index in [9.17, 15) is 4.79 Å². The van der Waals surface area contributed by atoms with Crippen LogP contribution < -0.4 is 11.1 Å². The fourth-order valence-electron chi connectivity index (χ4n) is 3.35. The number of piperidine rings is 1. The highest BCUT2D eigenvalue weighted by Crippen LogP contribution is 2.29. The highest BCUT2D eigenvalue weighted by molar-refractivity contribution is 5.85. The van der Waals surface area contributed by atoms with Gasteiger partial charge in [0.1, 0.15) is 0 Å². The molecular weight excluding hydrogens is 274 g/mol. The van der Waals surface area contributed by atoms with E-state index in [1.54, 1.807) is 0 Å². The Labute approximate surface area is 129 Å². The van der Waals surface area contributed by atoms with Gasteiger partial charge in [0, 0.05) is 25.2 Å². The molecule has 1 amide bonds. The summed E-state index contributed by atoms with van der Waals surface area (Å²) < 4.78 is 0. The molecule has 1 saturated heterocycles. The number of likely N-dealkylation sites (tertiary alicyclic amines) is 1. The molecule has 118 valence electrons. The molecule has 0 aromatic carbocycles. The summed E-state index contributed by atoms with van der Waals surface area (Å²) >= 11 is 0. The van der Waals surface area contributed by atoms with Crippen LogP contribution in [0.5, 0.6) is 0 Å². The average molecular weight is 304 g/mol. The molecule has 0 bridgehead atoms. The monoisotopic (exact) mass is 303 g/mol. The molecule has 2 fully saturated rings. The Kier molecular flexibility index (Phi) is 7.27. The zero-order valence-electron chi connectivity index (χ0n) is 12.8. The van der Waals surface area contributed by atoms with Crippen molar-refractivity contribution >= 4 is 18.3 Å². The van der Waals surface area contributed by atoms with Crippen LogP contribution in [0.1, 0.15) is 46.0 Å². The lowest BCUT2D eigenvalue weighted by molar-refractivity contribution is -0.124. The normalized spacial score (nSPS) is 32.5. The summed E-state index contributed by atoms with van der Waals surface area (Å²) in [6.07, 6.45) is 5.73. The molecule has 1 aliphatic heterocycles. The minimum Gasteiger partial charge on any atom is -0.352 e. The number of nitrogens with two attached hydrogens (primary N) is 1. The van der Waals surface area contributed by atoms with E-state index in [1.165, 1.54) is 12.8 Å². The lowest BCUT2D eigenvalue weighted by Gasteiger charge is -2.35. The van der Waals surface area contributed by atoms with Gasteiger partial charge in [-0.15, -0.1) is 12.4 Å². The highest BCUT2D eigenvalue weighted by Gasteiger charge is 2.28. The maximum absolute atomic E-state index is 12.1. The molecule has 5 heteroatoms. The first-order valence-corrected chi connectivity index (χ1v) is 7.83. The van der Waals surface area contributed by atoms with Gasteiger partial charge in [-0.2, -0.15) is 0 Å². The third kappa shape index (κ3) is 4.90. The van der Waals surface area contributed by atoms with Crippen LogP contribution in [0.3, 0.4) is 0 Å². The van der Waals surface area contributed by atoms with Crippen molar-refractivity contribution < 1.29 is 4.79 Å². The Bertz CT molecular complexity index is 305. The van der Waals surface area contributed by atoms with E-state index in [0.29, 0.717) is 24.5 Å². The second-order valence-electron chi connectivity index (χ2n) is 6.55. The number of nitrogens with zero attached hydrogens (tertiary/aromatic N) is 1. The van der Waals surface area contributed by atoms with E-state index in [2.05, 4.69) is 24.1 Å². The van der Waals surface area contributed by atoms with Crippen molar-refractivity contribution in [2.45, 2.75) is 58.0 Å². The van der Waals surface area contributed by atoms with Crippen molar-refractivity contribution in [2.24, 2.45) is 17.6 Å². The molecule has 20 heavy (non-hydrogen) atoms. The Morgan fingerprint density at radius 2 is 1.85 bits per heavy atom. The van der Waals surface area contributed by atoms with Crippen LogP contribution in [0.2, 0.25) is 0 Å². The van der Waals surface area contributed by atoms with Crippen LogP contribution in [0.4, 0.5) is 0 Å². The van der Waals surface area contributed by atoms with Crippen molar-refractivity contribution in [3.63, 3.8) is 0 Å². The SMILES string of the molecule is CC1CCCC(NC(=O)CN2CCC(N)CC2)C1C.Cl. The fourth-order valence-corrected chi connectivity index (χ4v) is 3.35. The second kappa shape index (κ2) is 8.20. The molecule has 0 aromatic heterocycles. The standard InChI is InChI=1S/C15H29N3O.ClH/c1-11-4-3-5-14(12(11)2)17-15(19)10-18-8-6-13(16)7-9-18;/h11-14H,3-10,16H2,1-2H3,(H,17,19);1H. The fraction of sp³-hybridized carbons (Fsp3) is 0.933. The Hall–Kier alpha value is -0.320. The van der Waals surface area contributed by atoms with Crippen LogP contribution in [-0.4, -0.2) is 42.5 Å². The van der Waals surface area contributed by atoms with E-state index in [4.69, 9.17) is 5.73 Å². The zero-order chi connectivity index (χ0) is 13.8. The number of nitrogens with one attached hydrogen (secondary N) is 1. The molecule has 3 unspecified atom stereocenters. The number of rotatable bonds is 3. The molecule has 2 rings (SSSR count). The maximum atomic E-state index is 12.1. The van der Waals surface area contributed by atoms with E-state index in [-0.39, 0.29) is 18.3 Å². The van der Waals surface area contributed by atoms with Gasteiger partial charge in [-0.05, 0) is 31.1 Å². The molecule has 2 aliphatic rings. The minimum atomic E-state index is 0. The van der Waals surface area contributed by atoms with Crippen molar-refractivity contribution in [1.82, 2.24) is 10.2 Å². The van der Waals surface area contributed by atoms with Crippen molar-refractivity contribution in [3.8, 4) is 0 Å². The van der Waals surface area contributed by atoms with Gasteiger partial charge in [0.15, 0.2) is 0 Å². The lowest BCUT2D eigenvalue weighted by atomic mass is 9.78. The number of carbonyl (C=O) groups excluding carboxylic acids is 1. The summed E-state index contributed by atoms with van der Waals surface area (Å²) in [6, 6.07) is 0.710. The summed E-state index contributed by atoms with van der Waals surface area (Å²) in [4.78, 5) is 14.4.